The van der Waals surface area contributed by atoms with Crippen molar-refractivity contribution < 1.29 is 9.18 Å². The van der Waals surface area contributed by atoms with Crippen LogP contribution in [0.15, 0.2) is 48.7 Å². The summed E-state index contributed by atoms with van der Waals surface area (Å²) in [7, 11) is 3.85. The van der Waals surface area contributed by atoms with Gasteiger partial charge in [0.2, 0.25) is 0 Å². The zero-order valence-electron chi connectivity index (χ0n) is 15.5. The molecule has 4 rings (SSSR count). The maximum Gasteiger partial charge on any atom is 0.280 e. The molecule has 8 heteroatoms. The normalized spacial score (nSPS) is 11.4. The quantitative estimate of drug-likeness (QED) is 0.517. The first-order valence-corrected chi connectivity index (χ1v) is 9.58. The van der Waals surface area contributed by atoms with Crippen LogP contribution in [0.1, 0.15) is 10.5 Å². The number of para-hydroxylation sites is 3. The Morgan fingerprint density at radius 2 is 1.82 bits per heavy atom. The van der Waals surface area contributed by atoms with Crippen molar-refractivity contribution >= 4 is 43.6 Å². The lowest BCUT2D eigenvalue weighted by Gasteiger charge is -2.21. The molecule has 6 nitrogen and oxygen atoms in total. The highest BCUT2D eigenvalue weighted by Gasteiger charge is 2.23. The van der Waals surface area contributed by atoms with Crippen molar-refractivity contribution in [1.29, 1.82) is 0 Å². The zero-order chi connectivity index (χ0) is 19.7. The van der Waals surface area contributed by atoms with E-state index in [-0.39, 0.29) is 17.1 Å². The summed E-state index contributed by atoms with van der Waals surface area (Å²) in [6.07, 6.45) is 1.47. The molecule has 0 aliphatic rings. The van der Waals surface area contributed by atoms with Crippen LogP contribution in [0.3, 0.4) is 0 Å². The molecule has 4 aromatic rings. The van der Waals surface area contributed by atoms with Gasteiger partial charge in [0.25, 0.3) is 5.91 Å². The first-order chi connectivity index (χ1) is 13.5. The molecular weight excluding hydrogens is 377 g/mol. The summed E-state index contributed by atoms with van der Waals surface area (Å²) in [5.74, 6) is -0.704. The molecule has 0 radical (unpaired) electrons. The second-order valence-electron chi connectivity index (χ2n) is 6.59. The highest BCUT2D eigenvalue weighted by atomic mass is 32.1. The van der Waals surface area contributed by atoms with Crippen LogP contribution in [0, 0.1) is 5.82 Å². The lowest BCUT2D eigenvalue weighted by atomic mass is 10.3. The highest BCUT2D eigenvalue weighted by Crippen LogP contribution is 2.31. The number of thiazole rings is 1. The molecule has 0 N–H and O–H groups in total. The van der Waals surface area contributed by atoms with Crippen LogP contribution in [0.25, 0.3) is 21.3 Å². The van der Waals surface area contributed by atoms with Gasteiger partial charge in [0.05, 0.1) is 21.9 Å². The van der Waals surface area contributed by atoms with Crippen molar-refractivity contribution in [3.63, 3.8) is 0 Å². The van der Waals surface area contributed by atoms with E-state index < -0.39 is 5.82 Å². The number of amides is 1. The predicted octanol–water partition coefficient (Wildman–Crippen LogP) is 3.59. The molecule has 0 aliphatic heterocycles. The van der Waals surface area contributed by atoms with E-state index in [2.05, 4.69) is 15.0 Å². The van der Waals surface area contributed by atoms with E-state index in [1.54, 1.807) is 17.0 Å². The van der Waals surface area contributed by atoms with Gasteiger partial charge in [-0.05, 0) is 38.4 Å². The van der Waals surface area contributed by atoms with Crippen LogP contribution >= 0.6 is 11.3 Å². The second-order valence-corrected chi connectivity index (χ2v) is 7.60. The smallest absolute Gasteiger partial charge is 0.280 e. The van der Waals surface area contributed by atoms with Gasteiger partial charge in [0.15, 0.2) is 5.13 Å². The van der Waals surface area contributed by atoms with Gasteiger partial charge in [-0.1, -0.05) is 29.5 Å². The number of carbonyl (C=O) groups excluding carboxylic acids is 1. The molecule has 0 saturated carbocycles. The van der Waals surface area contributed by atoms with E-state index in [9.17, 15) is 9.18 Å². The van der Waals surface area contributed by atoms with Crippen LogP contribution in [-0.2, 0) is 0 Å². The van der Waals surface area contributed by atoms with E-state index in [1.807, 2.05) is 43.3 Å². The van der Waals surface area contributed by atoms with Crippen molar-refractivity contribution in [2.45, 2.75) is 0 Å². The van der Waals surface area contributed by atoms with Crippen LogP contribution in [0.5, 0.6) is 0 Å². The number of rotatable bonds is 5. The molecule has 0 unspecified atom stereocenters. The Hall–Kier alpha value is -2.97. The van der Waals surface area contributed by atoms with Gasteiger partial charge < -0.3 is 4.90 Å². The molecule has 2 aromatic carbocycles. The van der Waals surface area contributed by atoms with E-state index in [4.69, 9.17) is 0 Å². The topological polar surface area (TPSA) is 62.2 Å². The van der Waals surface area contributed by atoms with E-state index in [0.717, 1.165) is 5.52 Å². The molecule has 0 fully saturated rings. The first kappa shape index (κ1) is 18.4. The molecule has 0 atom stereocenters. The molecule has 2 heterocycles. The number of carbonyl (C=O) groups is 1. The number of hydrogen-bond acceptors (Lipinski definition) is 6. The summed E-state index contributed by atoms with van der Waals surface area (Å²) in [5.41, 5.74) is 1.88. The number of aromatic nitrogens is 3. The number of nitrogens with zero attached hydrogens (tertiary/aromatic N) is 5. The lowest BCUT2D eigenvalue weighted by molar-refractivity contribution is 0.0980. The third-order valence-electron chi connectivity index (χ3n) is 4.27. The van der Waals surface area contributed by atoms with E-state index in [0.29, 0.717) is 28.4 Å². The van der Waals surface area contributed by atoms with Gasteiger partial charge in [-0.3, -0.25) is 14.7 Å². The summed E-state index contributed by atoms with van der Waals surface area (Å²) in [6, 6.07) is 12.2. The summed E-state index contributed by atoms with van der Waals surface area (Å²) >= 11 is 1.29. The van der Waals surface area contributed by atoms with Crippen molar-refractivity contribution in [1.82, 2.24) is 19.9 Å². The van der Waals surface area contributed by atoms with E-state index >= 15 is 0 Å². The van der Waals surface area contributed by atoms with Gasteiger partial charge in [-0.15, -0.1) is 0 Å². The Morgan fingerprint density at radius 1 is 1.04 bits per heavy atom. The number of fused-ring (bicyclic) bond motifs is 2. The Bertz CT molecular complexity index is 1160. The molecule has 0 saturated heterocycles. The monoisotopic (exact) mass is 395 g/mol. The summed E-state index contributed by atoms with van der Waals surface area (Å²) < 4.78 is 14.8. The largest absolute Gasteiger partial charge is 0.308 e. The molecule has 0 aliphatic carbocycles. The maximum atomic E-state index is 14.1. The van der Waals surface area contributed by atoms with Crippen LogP contribution in [0.2, 0.25) is 0 Å². The van der Waals surface area contributed by atoms with Gasteiger partial charge in [-0.25, -0.2) is 14.4 Å². The molecule has 0 bridgehead atoms. The minimum absolute atomic E-state index is 0.234. The Labute approximate surface area is 165 Å². The SMILES string of the molecule is CN(C)CCN(C(=O)c1cnc2ccccc2n1)c1nc2c(F)cccc2s1. The Balaban J connectivity index is 1.75. The highest BCUT2D eigenvalue weighted by molar-refractivity contribution is 7.22. The van der Waals surface area contributed by atoms with Gasteiger partial charge in [0, 0.05) is 13.1 Å². The molecule has 1 amide bonds. The Kier molecular flexibility index (Phi) is 4.97. The fourth-order valence-corrected chi connectivity index (χ4v) is 3.81. The summed E-state index contributed by atoms with van der Waals surface area (Å²) in [5, 5.41) is 0.446. The standard InChI is InChI=1S/C20H18FN5OS/c1-25(2)10-11-26(20-24-18-13(21)6-5-9-17(18)28-20)19(27)16-12-22-14-7-3-4-8-15(14)23-16/h3-9,12H,10-11H2,1-2H3. The molecule has 2 aromatic heterocycles. The molecule has 0 spiro atoms. The molecule has 142 valence electrons. The second kappa shape index (κ2) is 7.57. The van der Waals surface area contributed by atoms with Crippen molar-refractivity contribution in [2.24, 2.45) is 0 Å². The number of benzene rings is 2. The number of hydrogen-bond donors (Lipinski definition) is 0. The zero-order valence-corrected chi connectivity index (χ0v) is 16.3. The van der Waals surface area contributed by atoms with Crippen LogP contribution in [-0.4, -0.2) is 52.9 Å². The van der Waals surface area contributed by atoms with Crippen LogP contribution in [0.4, 0.5) is 9.52 Å². The van der Waals surface area contributed by atoms with Gasteiger partial charge in [0.1, 0.15) is 17.0 Å². The number of anilines is 1. The first-order valence-electron chi connectivity index (χ1n) is 8.76. The van der Waals surface area contributed by atoms with Crippen molar-refractivity contribution in [2.75, 3.05) is 32.1 Å². The summed E-state index contributed by atoms with van der Waals surface area (Å²) in [4.78, 5) is 29.9. The fraction of sp³-hybridized carbons (Fsp3) is 0.200. The van der Waals surface area contributed by atoms with Crippen molar-refractivity contribution in [3.8, 4) is 0 Å². The minimum Gasteiger partial charge on any atom is -0.308 e. The molecular formula is C20H18FN5OS. The van der Waals surface area contributed by atoms with E-state index in [1.165, 1.54) is 23.6 Å². The average molecular weight is 395 g/mol. The number of likely N-dealkylation sites (N-methyl/N-ethyl adjacent to an activating group) is 1. The van der Waals surface area contributed by atoms with Crippen LogP contribution < -0.4 is 4.90 Å². The fourth-order valence-electron chi connectivity index (χ4n) is 2.80. The summed E-state index contributed by atoms with van der Waals surface area (Å²) in [6.45, 7) is 1.03. The third-order valence-corrected chi connectivity index (χ3v) is 5.32. The number of halogens is 1. The van der Waals surface area contributed by atoms with Gasteiger partial charge in [-0.2, -0.15) is 0 Å². The van der Waals surface area contributed by atoms with Crippen molar-refractivity contribution in [3.05, 3.63) is 60.2 Å². The maximum absolute atomic E-state index is 14.1. The minimum atomic E-state index is -0.398. The molecule has 28 heavy (non-hydrogen) atoms. The predicted molar refractivity (Wildman–Crippen MR) is 109 cm³/mol. The average Bonchev–Trinajstić information content (AvgIpc) is 3.12. The third kappa shape index (κ3) is 3.56. The Morgan fingerprint density at radius 3 is 2.57 bits per heavy atom. The lowest BCUT2D eigenvalue weighted by Crippen LogP contribution is -2.37. The van der Waals surface area contributed by atoms with Gasteiger partial charge >= 0.3 is 0 Å².